The number of carbonyl (C=O) groups is 3. The van der Waals surface area contributed by atoms with Crippen molar-refractivity contribution in [2.75, 3.05) is 6.54 Å². The van der Waals surface area contributed by atoms with Crippen molar-refractivity contribution in [2.45, 2.75) is 25.8 Å². The maximum Gasteiger partial charge on any atom is 0.303 e. The summed E-state index contributed by atoms with van der Waals surface area (Å²) in [6, 6.07) is 11.2. The number of Topliss-reactive ketones (excluding diaryl/α,β-unsaturated/α-hetero) is 1. The molecule has 1 aliphatic heterocycles. The number of aliphatic hydroxyl groups is 1. The second kappa shape index (κ2) is 8.26. The van der Waals surface area contributed by atoms with Crippen LogP contribution in [-0.2, 0) is 14.4 Å². The summed E-state index contributed by atoms with van der Waals surface area (Å²) in [5, 5.41) is 19.7. The highest BCUT2D eigenvalue weighted by Crippen LogP contribution is 2.39. The molecule has 29 heavy (non-hydrogen) atoms. The van der Waals surface area contributed by atoms with Crippen molar-refractivity contribution in [2.24, 2.45) is 0 Å². The number of rotatable bonds is 6. The Morgan fingerprint density at radius 1 is 1.03 bits per heavy atom. The van der Waals surface area contributed by atoms with Crippen LogP contribution in [0.25, 0.3) is 5.76 Å². The first kappa shape index (κ1) is 20.3. The van der Waals surface area contributed by atoms with Crippen LogP contribution in [0.4, 0.5) is 4.39 Å². The van der Waals surface area contributed by atoms with E-state index in [1.807, 2.05) is 6.92 Å². The van der Waals surface area contributed by atoms with Gasteiger partial charge in [-0.1, -0.05) is 42.0 Å². The van der Waals surface area contributed by atoms with E-state index in [1.54, 1.807) is 24.3 Å². The quantitative estimate of drug-likeness (QED) is 0.442. The van der Waals surface area contributed by atoms with Crippen LogP contribution in [-0.4, -0.2) is 39.3 Å². The summed E-state index contributed by atoms with van der Waals surface area (Å²) in [5.41, 5.74) is 1.70. The van der Waals surface area contributed by atoms with Gasteiger partial charge in [-0.15, -0.1) is 0 Å². The summed E-state index contributed by atoms with van der Waals surface area (Å²) in [5.74, 6) is -3.49. The van der Waals surface area contributed by atoms with Gasteiger partial charge in [-0.2, -0.15) is 0 Å². The smallest absolute Gasteiger partial charge is 0.303 e. The zero-order valence-corrected chi connectivity index (χ0v) is 15.8. The van der Waals surface area contributed by atoms with Gasteiger partial charge in [-0.05, 0) is 31.0 Å². The topological polar surface area (TPSA) is 94.9 Å². The lowest BCUT2D eigenvalue weighted by molar-refractivity contribution is -0.140. The number of hydrogen-bond donors (Lipinski definition) is 2. The molecule has 150 valence electrons. The number of halogens is 1. The number of aryl methyl sites for hydroxylation is 1. The van der Waals surface area contributed by atoms with Crippen LogP contribution in [0.5, 0.6) is 0 Å². The number of carboxylic acids is 1. The van der Waals surface area contributed by atoms with Crippen molar-refractivity contribution in [3.63, 3.8) is 0 Å². The third kappa shape index (κ3) is 4.18. The van der Waals surface area contributed by atoms with Crippen molar-refractivity contribution >= 4 is 23.4 Å². The highest BCUT2D eigenvalue weighted by molar-refractivity contribution is 6.46. The molecule has 1 aliphatic rings. The van der Waals surface area contributed by atoms with Crippen molar-refractivity contribution in [3.05, 3.63) is 76.6 Å². The Bertz CT molecular complexity index is 979. The molecule has 1 atom stereocenters. The molecular weight excluding hydrogens is 377 g/mol. The first-order valence-corrected chi connectivity index (χ1v) is 9.12. The van der Waals surface area contributed by atoms with E-state index in [2.05, 4.69) is 0 Å². The Balaban J connectivity index is 2.08. The molecule has 0 aromatic heterocycles. The first-order valence-electron chi connectivity index (χ1n) is 9.12. The van der Waals surface area contributed by atoms with E-state index in [9.17, 15) is 23.9 Å². The van der Waals surface area contributed by atoms with Crippen molar-refractivity contribution < 1.29 is 29.0 Å². The summed E-state index contributed by atoms with van der Waals surface area (Å²) in [4.78, 5) is 37.5. The Hall–Kier alpha value is -3.48. The number of benzene rings is 2. The number of hydrogen-bond acceptors (Lipinski definition) is 4. The van der Waals surface area contributed by atoms with Crippen molar-refractivity contribution in [1.82, 2.24) is 4.90 Å². The average molecular weight is 397 g/mol. The van der Waals surface area contributed by atoms with Crippen LogP contribution in [0.3, 0.4) is 0 Å². The molecule has 1 saturated heterocycles. The van der Waals surface area contributed by atoms with Gasteiger partial charge in [0, 0.05) is 18.5 Å². The zero-order chi connectivity index (χ0) is 21.1. The van der Waals surface area contributed by atoms with Gasteiger partial charge >= 0.3 is 5.97 Å². The third-order valence-corrected chi connectivity index (χ3v) is 4.84. The number of carboxylic acid groups (broad SMARTS) is 1. The number of ketones is 1. The molecule has 0 unspecified atom stereocenters. The molecule has 0 aliphatic carbocycles. The Morgan fingerprint density at radius 3 is 2.24 bits per heavy atom. The average Bonchev–Trinajstić information content (AvgIpc) is 2.93. The number of carbonyl (C=O) groups excluding carboxylic acids is 2. The van der Waals surface area contributed by atoms with E-state index in [-0.39, 0.29) is 30.7 Å². The molecule has 0 bridgehead atoms. The molecular formula is C22H20FNO5. The fraction of sp³-hybridized carbons (Fsp3) is 0.227. The van der Waals surface area contributed by atoms with Crippen molar-refractivity contribution in [1.29, 1.82) is 0 Å². The fourth-order valence-electron chi connectivity index (χ4n) is 3.37. The maximum atomic E-state index is 13.4. The molecule has 6 nitrogen and oxygen atoms in total. The predicted octanol–water partition coefficient (Wildman–Crippen LogP) is 3.42. The van der Waals surface area contributed by atoms with Gasteiger partial charge in [-0.25, -0.2) is 4.39 Å². The minimum Gasteiger partial charge on any atom is -0.507 e. The molecule has 1 amide bonds. The number of aliphatic carboxylic acids is 1. The van der Waals surface area contributed by atoms with E-state index in [1.165, 1.54) is 29.2 Å². The summed E-state index contributed by atoms with van der Waals surface area (Å²) >= 11 is 0. The van der Waals surface area contributed by atoms with Crippen LogP contribution in [0.2, 0.25) is 0 Å². The molecule has 2 aromatic rings. The molecule has 0 saturated carbocycles. The molecule has 2 N–H and O–H groups in total. The third-order valence-electron chi connectivity index (χ3n) is 4.84. The van der Waals surface area contributed by atoms with Gasteiger partial charge in [0.1, 0.15) is 11.6 Å². The number of aliphatic hydroxyl groups excluding tert-OH is 1. The summed E-state index contributed by atoms with van der Waals surface area (Å²) in [6.07, 6.45) is -0.0261. The van der Waals surface area contributed by atoms with Crippen LogP contribution < -0.4 is 0 Å². The normalized spacial score (nSPS) is 18.3. The molecule has 3 rings (SSSR count). The molecule has 2 aromatic carbocycles. The van der Waals surface area contributed by atoms with Gasteiger partial charge in [0.05, 0.1) is 11.6 Å². The Kier molecular flexibility index (Phi) is 5.77. The Morgan fingerprint density at radius 2 is 1.66 bits per heavy atom. The van der Waals surface area contributed by atoms with Crippen LogP contribution in [0.15, 0.2) is 54.1 Å². The molecule has 7 heteroatoms. The number of nitrogens with zero attached hydrogens (tertiary/aromatic N) is 1. The van der Waals surface area contributed by atoms with Gasteiger partial charge in [0.2, 0.25) is 0 Å². The van der Waals surface area contributed by atoms with E-state index in [0.29, 0.717) is 11.1 Å². The lowest BCUT2D eigenvalue weighted by atomic mass is 9.95. The predicted molar refractivity (Wildman–Crippen MR) is 103 cm³/mol. The van der Waals surface area contributed by atoms with Gasteiger partial charge in [0.15, 0.2) is 0 Å². The summed E-state index contributed by atoms with van der Waals surface area (Å²) in [7, 11) is 0. The Labute approximate surface area is 166 Å². The zero-order valence-electron chi connectivity index (χ0n) is 15.8. The lowest BCUT2D eigenvalue weighted by Gasteiger charge is -2.25. The van der Waals surface area contributed by atoms with Gasteiger partial charge < -0.3 is 15.1 Å². The van der Waals surface area contributed by atoms with Crippen molar-refractivity contribution in [3.8, 4) is 0 Å². The monoisotopic (exact) mass is 397 g/mol. The standard InChI is InChI=1S/C22H20FNO5/c1-13-4-6-15(7-5-13)20(27)18-19(14-8-10-16(23)11-9-14)24(22(29)21(18)28)12-2-3-17(25)26/h4-11,19,27H,2-3,12H2,1H3,(H,25,26)/b20-18+/t19-/m1/s1. The van der Waals surface area contributed by atoms with E-state index < -0.39 is 29.5 Å². The lowest BCUT2D eigenvalue weighted by Crippen LogP contribution is -2.31. The molecule has 0 spiro atoms. The molecule has 1 fully saturated rings. The van der Waals surface area contributed by atoms with Crippen LogP contribution >= 0.6 is 0 Å². The number of likely N-dealkylation sites (tertiary alicyclic amines) is 1. The van der Waals surface area contributed by atoms with Crippen LogP contribution in [0.1, 0.15) is 35.6 Å². The van der Waals surface area contributed by atoms with Gasteiger partial charge in [0.25, 0.3) is 11.7 Å². The summed E-state index contributed by atoms with van der Waals surface area (Å²) < 4.78 is 13.4. The minimum absolute atomic E-state index is 0.0175. The van der Waals surface area contributed by atoms with E-state index >= 15 is 0 Å². The molecule has 1 heterocycles. The van der Waals surface area contributed by atoms with Crippen LogP contribution in [0, 0.1) is 12.7 Å². The number of amides is 1. The SMILES string of the molecule is Cc1ccc(/C(O)=C2\C(=O)C(=O)N(CCCC(=O)O)[C@@H]2c2ccc(F)cc2)cc1. The van der Waals surface area contributed by atoms with E-state index in [4.69, 9.17) is 5.11 Å². The highest BCUT2D eigenvalue weighted by atomic mass is 19.1. The molecule has 0 radical (unpaired) electrons. The van der Waals surface area contributed by atoms with Gasteiger partial charge in [-0.3, -0.25) is 14.4 Å². The first-order chi connectivity index (χ1) is 13.8. The second-order valence-corrected chi connectivity index (χ2v) is 6.91. The largest absolute Gasteiger partial charge is 0.507 e. The fourth-order valence-corrected chi connectivity index (χ4v) is 3.37. The highest BCUT2D eigenvalue weighted by Gasteiger charge is 2.45. The summed E-state index contributed by atoms with van der Waals surface area (Å²) in [6.45, 7) is 1.90. The minimum atomic E-state index is -1.01. The second-order valence-electron chi connectivity index (χ2n) is 6.91. The maximum absolute atomic E-state index is 13.4. The van der Waals surface area contributed by atoms with E-state index in [0.717, 1.165) is 5.56 Å².